The third kappa shape index (κ3) is 1.19. The van der Waals surface area contributed by atoms with E-state index in [1.54, 1.807) is 17.8 Å². The molecular weight excluding hydrogens is 152 g/mol. The molecule has 0 aliphatic rings. The lowest BCUT2D eigenvalue weighted by Crippen LogP contribution is -1.95. The number of hydrogen-bond acceptors (Lipinski definition) is 2. The zero-order chi connectivity index (χ0) is 7.72. The minimum absolute atomic E-state index is 0.307. The molecule has 3 nitrogen and oxygen atoms in total. The van der Waals surface area contributed by atoms with Crippen molar-refractivity contribution in [2.75, 3.05) is 0 Å². The second kappa shape index (κ2) is 2.42. The number of aryl methyl sites for hydroxylation is 2. The number of rotatable bonds is 1. The van der Waals surface area contributed by atoms with Crippen molar-refractivity contribution in [2.45, 2.75) is 6.92 Å². The Morgan fingerprint density at radius 3 is 2.60 bits per heavy atom. The minimum atomic E-state index is -0.510. The summed E-state index contributed by atoms with van der Waals surface area (Å²) < 4.78 is 1.61. The highest BCUT2D eigenvalue weighted by atomic mass is 35.5. The van der Waals surface area contributed by atoms with Gasteiger partial charge >= 0.3 is 0 Å². The Morgan fingerprint density at radius 2 is 2.40 bits per heavy atom. The number of hydrogen-bond donors (Lipinski definition) is 0. The molecule has 0 atom stereocenters. The van der Waals surface area contributed by atoms with Crippen molar-refractivity contribution < 1.29 is 4.79 Å². The Balaban J connectivity index is 3.10. The van der Waals surface area contributed by atoms with Gasteiger partial charge in [0.1, 0.15) is 5.69 Å². The van der Waals surface area contributed by atoms with Gasteiger partial charge in [0, 0.05) is 12.7 Å². The molecule has 0 aliphatic carbocycles. The number of halogens is 1. The van der Waals surface area contributed by atoms with Gasteiger partial charge in [-0.05, 0) is 24.6 Å². The van der Waals surface area contributed by atoms with Crippen LogP contribution in [0.3, 0.4) is 0 Å². The Bertz CT molecular complexity index is 247. The molecule has 0 aromatic carbocycles. The number of carbonyl (C=O) groups is 1. The first-order valence-electron chi connectivity index (χ1n) is 2.81. The van der Waals surface area contributed by atoms with Gasteiger partial charge in [-0.25, -0.2) is 0 Å². The van der Waals surface area contributed by atoms with Crippen LogP contribution in [0.1, 0.15) is 16.2 Å². The first-order chi connectivity index (χ1) is 4.61. The second-order valence-electron chi connectivity index (χ2n) is 2.07. The van der Waals surface area contributed by atoms with Crippen LogP contribution in [0, 0.1) is 6.92 Å². The largest absolute Gasteiger partial charge is 0.274 e. The number of aromatic nitrogens is 2. The van der Waals surface area contributed by atoms with Crippen LogP contribution in [-0.2, 0) is 7.05 Å². The van der Waals surface area contributed by atoms with Crippen molar-refractivity contribution in [1.29, 1.82) is 0 Å². The summed E-state index contributed by atoms with van der Waals surface area (Å²) in [6, 6.07) is 1.65. The zero-order valence-electron chi connectivity index (χ0n) is 5.76. The van der Waals surface area contributed by atoms with E-state index in [0.717, 1.165) is 5.69 Å². The molecule has 1 heterocycles. The Kier molecular flexibility index (Phi) is 1.76. The van der Waals surface area contributed by atoms with Gasteiger partial charge in [0.15, 0.2) is 0 Å². The predicted molar refractivity (Wildman–Crippen MR) is 38.1 cm³/mol. The average Bonchev–Trinajstić information content (AvgIpc) is 2.13. The van der Waals surface area contributed by atoms with Crippen LogP contribution in [-0.4, -0.2) is 15.0 Å². The van der Waals surface area contributed by atoms with Gasteiger partial charge in [0.25, 0.3) is 5.24 Å². The predicted octanol–water partition coefficient (Wildman–Crippen LogP) is 1.11. The maximum absolute atomic E-state index is 10.5. The number of carbonyl (C=O) groups excluding carboxylic acids is 1. The van der Waals surface area contributed by atoms with Crippen molar-refractivity contribution in [3.63, 3.8) is 0 Å². The fraction of sp³-hybridized carbons (Fsp3) is 0.333. The monoisotopic (exact) mass is 158 g/mol. The molecule has 1 rings (SSSR count). The summed E-state index contributed by atoms with van der Waals surface area (Å²) in [4.78, 5) is 10.5. The molecule has 0 saturated heterocycles. The molecule has 0 unspecified atom stereocenters. The first-order valence-corrected chi connectivity index (χ1v) is 3.19. The van der Waals surface area contributed by atoms with Gasteiger partial charge in [0.2, 0.25) is 0 Å². The zero-order valence-corrected chi connectivity index (χ0v) is 6.51. The molecule has 0 aliphatic heterocycles. The van der Waals surface area contributed by atoms with Crippen LogP contribution in [0.25, 0.3) is 0 Å². The summed E-state index contributed by atoms with van der Waals surface area (Å²) in [7, 11) is 1.76. The van der Waals surface area contributed by atoms with Crippen LogP contribution in [0.5, 0.6) is 0 Å². The van der Waals surface area contributed by atoms with E-state index in [-0.39, 0.29) is 0 Å². The second-order valence-corrected chi connectivity index (χ2v) is 2.41. The van der Waals surface area contributed by atoms with Gasteiger partial charge in [-0.2, -0.15) is 5.10 Å². The lowest BCUT2D eigenvalue weighted by Gasteiger charge is -1.87. The molecule has 10 heavy (non-hydrogen) atoms. The van der Waals surface area contributed by atoms with Crippen molar-refractivity contribution in [2.24, 2.45) is 7.05 Å². The molecule has 1 aromatic rings. The van der Waals surface area contributed by atoms with Gasteiger partial charge in [0.05, 0.1) is 0 Å². The molecule has 1 aromatic heterocycles. The van der Waals surface area contributed by atoms with E-state index in [9.17, 15) is 4.79 Å². The fourth-order valence-corrected chi connectivity index (χ4v) is 0.749. The van der Waals surface area contributed by atoms with Crippen molar-refractivity contribution in [3.8, 4) is 0 Å². The normalized spacial score (nSPS) is 9.90. The molecule has 0 fully saturated rings. The fourth-order valence-electron chi connectivity index (χ4n) is 0.657. The van der Waals surface area contributed by atoms with Crippen LogP contribution < -0.4 is 0 Å². The third-order valence-electron chi connectivity index (χ3n) is 1.32. The summed E-state index contributed by atoms with van der Waals surface area (Å²) in [6.45, 7) is 1.86. The van der Waals surface area contributed by atoms with E-state index < -0.39 is 5.24 Å². The van der Waals surface area contributed by atoms with E-state index in [0.29, 0.717) is 5.69 Å². The highest BCUT2D eigenvalue weighted by Crippen LogP contribution is 2.03. The number of nitrogens with zero attached hydrogens (tertiary/aromatic N) is 2. The first kappa shape index (κ1) is 7.28. The lowest BCUT2D eigenvalue weighted by atomic mass is 10.4. The molecule has 4 heteroatoms. The minimum Gasteiger partial charge on any atom is -0.274 e. The summed E-state index contributed by atoms with van der Waals surface area (Å²) in [5.41, 5.74) is 1.23. The van der Waals surface area contributed by atoms with E-state index >= 15 is 0 Å². The quantitative estimate of drug-likeness (QED) is 0.574. The topological polar surface area (TPSA) is 34.9 Å². The molecule has 0 saturated carbocycles. The van der Waals surface area contributed by atoms with Crippen molar-refractivity contribution >= 4 is 16.8 Å². The summed E-state index contributed by atoms with van der Waals surface area (Å²) in [5.74, 6) is 0. The van der Waals surface area contributed by atoms with E-state index in [1.807, 2.05) is 6.92 Å². The van der Waals surface area contributed by atoms with Gasteiger partial charge < -0.3 is 0 Å². The van der Waals surface area contributed by atoms with Gasteiger partial charge in [-0.15, -0.1) is 0 Å². The summed E-state index contributed by atoms with van der Waals surface area (Å²) >= 11 is 5.17. The molecule has 0 amide bonds. The Labute approximate surface area is 63.6 Å². The van der Waals surface area contributed by atoms with Crippen molar-refractivity contribution in [3.05, 3.63) is 17.5 Å². The molecule has 0 radical (unpaired) electrons. The standard InChI is InChI=1S/C6H7ClN2O/c1-4-3-5(6(7)10)8-9(4)2/h3H,1-2H3. The molecule has 0 spiro atoms. The van der Waals surface area contributed by atoms with E-state index in [1.165, 1.54) is 0 Å². The summed E-state index contributed by atoms with van der Waals surface area (Å²) in [6.07, 6.45) is 0. The van der Waals surface area contributed by atoms with Crippen molar-refractivity contribution in [1.82, 2.24) is 9.78 Å². The van der Waals surface area contributed by atoms with Crippen LogP contribution in [0.2, 0.25) is 0 Å². The maximum Gasteiger partial charge on any atom is 0.272 e. The molecular formula is C6H7ClN2O. The smallest absolute Gasteiger partial charge is 0.272 e. The maximum atomic E-state index is 10.5. The Hall–Kier alpha value is -0.830. The Morgan fingerprint density at radius 1 is 1.80 bits per heavy atom. The van der Waals surface area contributed by atoms with Crippen LogP contribution >= 0.6 is 11.6 Å². The third-order valence-corrected chi connectivity index (χ3v) is 1.51. The lowest BCUT2D eigenvalue weighted by molar-refractivity contribution is 0.107. The van der Waals surface area contributed by atoms with Gasteiger partial charge in [-0.1, -0.05) is 0 Å². The van der Waals surface area contributed by atoms with Gasteiger partial charge in [-0.3, -0.25) is 9.48 Å². The van der Waals surface area contributed by atoms with E-state index in [2.05, 4.69) is 5.10 Å². The van der Waals surface area contributed by atoms with E-state index in [4.69, 9.17) is 11.6 Å². The molecule has 54 valence electrons. The highest BCUT2D eigenvalue weighted by Gasteiger charge is 2.06. The summed E-state index contributed by atoms with van der Waals surface area (Å²) in [5, 5.41) is 3.33. The highest BCUT2D eigenvalue weighted by molar-refractivity contribution is 6.67. The SMILES string of the molecule is Cc1cc(C(=O)Cl)nn1C. The van der Waals surface area contributed by atoms with Crippen LogP contribution in [0.15, 0.2) is 6.07 Å². The molecule has 0 bridgehead atoms. The average molecular weight is 159 g/mol. The van der Waals surface area contributed by atoms with Crippen LogP contribution in [0.4, 0.5) is 0 Å². The molecule has 0 N–H and O–H groups in total.